The van der Waals surface area contributed by atoms with Gasteiger partial charge in [-0.25, -0.2) is 0 Å². The summed E-state index contributed by atoms with van der Waals surface area (Å²) < 4.78 is 0. The standard InChI is InChI=1S/C25H24ClN5O3/c26-19-3-5-20(6-4-19)29-10-11-30-23-8-7-21(31(33)34)12-18(23)13-22(24(30)16-29)25(32)28-15-17-2-1-9-27-14-17/h1-9,12,14,22,24H,10-11,13,15-16H2,(H,28,32)/t22-,24-/m1/s1. The lowest BCUT2D eigenvalue weighted by molar-refractivity contribution is -0.384. The molecule has 8 nitrogen and oxygen atoms in total. The van der Waals surface area contributed by atoms with Gasteiger partial charge in [-0.15, -0.1) is 0 Å². The van der Waals surface area contributed by atoms with Gasteiger partial charge < -0.3 is 15.1 Å². The fourth-order valence-corrected chi connectivity index (χ4v) is 5.06. The topological polar surface area (TPSA) is 91.6 Å². The molecule has 5 rings (SSSR count). The highest BCUT2D eigenvalue weighted by Gasteiger charge is 2.42. The summed E-state index contributed by atoms with van der Waals surface area (Å²) in [6.45, 7) is 2.55. The molecule has 1 N–H and O–H groups in total. The molecule has 1 amide bonds. The number of anilines is 2. The van der Waals surface area contributed by atoms with Gasteiger partial charge in [0.15, 0.2) is 0 Å². The molecule has 174 valence electrons. The zero-order valence-corrected chi connectivity index (χ0v) is 19.2. The van der Waals surface area contributed by atoms with Gasteiger partial charge >= 0.3 is 0 Å². The van der Waals surface area contributed by atoms with E-state index in [1.807, 2.05) is 42.5 Å². The van der Waals surface area contributed by atoms with Crippen molar-refractivity contribution >= 4 is 34.6 Å². The molecule has 2 aliphatic rings. The number of pyridine rings is 1. The third-order valence-corrected chi connectivity index (χ3v) is 6.88. The van der Waals surface area contributed by atoms with E-state index < -0.39 is 0 Å². The van der Waals surface area contributed by atoms with Gasteiger partial charge in [0.1, 0.15) is 0 Å². The van der Waals surface area contributed by atoms with Crippen LogP contribution in [0.25, 0.3) is 0 Å². The van der Waals surface area contributed by atoms with Crippen molar-refractivity contribution in [1.29, 1.82) is 0 Å². The number of nitrogens with one attached hydrogen (secondary N) is 1. The zero-order valence-electron chi connectivity index (χ0n) is 18.4. The van der Waals surface area contributed by atoms with Gasteiger partial charge in [-0.05, 0) is 53.9 Å². The van der Waals surface area contributed by atoms with Gasteiger partial charge in [-0.2, -0.15) is 0 Å². The van der Waals surface area contributed by atoms with Crippen molar-refractivity contribution in [2.45, 2.75) is 19.0 Å². The minimum atomic E-state index is -0.387. The number of benzene rings is 2. The molecule has 0 unspecified atom stereocenters. The van der Waals surface area contributed by atoms with Gasteiger partial charge in [0, 0.05) is 67.1 Å². The SMILES string of the molecule is O=C(NCc1cccnc1)[C@@H]1Cc2cc([N+](=O)[O-])ccc2N2CCN(c3ccc(Cl)cc3)C[C@H]12. The molecule has 2 atom stereocenters. The number of carbonyl (C=O) groups excluding carboxylic acids is 1. The molecule has 1 aromatic heterocycles. The van der Waals surface area contributed by atoms with Crippen molar-refractivity contribution < 1.29 is 9.72 Å². The Labute approximate surface area is 202 Å². The molecule has 34 heavy (non-hydrogen) atoms. The van der Waals surface area contributed by atoms with Crippen molar-refractivity contribution in [1.82, 2.24) is 10.3 Å². The second-order valence-electron chi connectivity index (χ2n) is 8.64. The van der Waals surface area contributed by atoms with E-state index in [-0.39, 0.29) is 28.5 Å². The molecule has 3 aromatic rings. The molecule has 2 aliphatic heterocycles. The van der Waals surface area contributed by atoms with E-state index in [0.29, 0.717) is 31.1 Å². The van der Waals surface area contributed by atoms with Crippen molar-refractivity contribution in [2.24, 2.45) is 5.92 Å². The number of nitro benzene ring substituents is 1. The number of nitro groups is 1. The normalized spacial score (nSPS) is 19.2. The third-order valence-electron chi connectivity index (χ3n) is 6.62. The minimum Gasteiger partial charge on any atom is -0.368 e. The van der Waals surface area contributed by atoms with Crippen LogP contribution in [-0.2, 0) is 17.8 Å². The van der Waals surface area contributed by atoms with Crippen LogP contribution in [0.4, 0.5) is 17.1 Å². The molecule has 9 heteroatoms. The molecule has 1 saturated heterocycles. The van der Waals surface area contributed by atoms with Gasteiger partial charge in [0.2, 0.25) is 5.91 Å². The Balaban J connectivity index is 1.43. The predicted octanol–water partition coefficient (Wildman–Crippen LogP) is 3.83. The van der Waals surface area contributed by atoms with Crippen LogP contribution in [0.3, 0.4) is 0 Å². The predicted molar refractivity (Wildman–Crippen MR) is 131 cm³/mol. The fourth-order valence-electron chi connectivity index (χ4n) is 4.93. The van der Waals surface area contributed by atoms with Gasteiger partial charge in [0.05, 0.1) is 16.9 Å². The van der Waals surface area contributed by atoms with E-state index in [4.69, 9.17) is 11.6 Å². The first-order valence-electron chi connectivity index (χ1n) is 11.2. The van der Waals surface area contributed by atoms with Crippen molar-refractivity contribution in [3.8, 4) is 0 Å². The Morgan fingerprint density at radius 2 is 2.00 bits per heavy atom. The lowest BCUT2D eigenvalue weighted by Crippen LogP contribution is -2.61. The van der Waals surface area contributed by atoms with Crippen LogP contribution in [0.1, 0.15) is 11.1 Å². The summed E-state index contributed by atoms with van der Waals surface area (Å²) in [4.78, 5) is 33.0. The largest absolute Gasteiger partial charge is 0.368 e. The van der Waals surface area contributed by atoms with Crippen LogP contribution < -0.4 is 15.1 Å². The second kappa shape index (κ2) is 9.30. The van der Waals surface area contributed by atoms with Crippen LogP contribution in [0, 0.1) is 16.0 Å². The Kier molecular flexibility index (Phi) is 6.06. The molecular weight excluding hydrogens is 454 g/mol. The van der Waals surface area contributed by atoms with E-state index in [1.165, 1.54) is 0 Å². The molecule has 0 saturated carbocycles. The number of fused-ring (bicyclic) bond motifs is 3. The Morgan fingerprint density at radius 3 is 2.74 bits per heavy atom. The average molecular weight is 478 g/mol. The second-order valence-corrected chi connectivity index (χ2v) is 9.08. The number of nitrogens with zero attached hydrogens (tertiary/aromatic N) is 4. The maximum atomic E-state index is 13.4. The monoisotopic (exact) mass is 477 g/mol. The molecule has 0 radical (unpaired) electrons. The molecule has 1 fully saturated rings. The maximum Gasteiger partial charge on any atom is 0.269 e. The number of carbonyl (C=O) groups is 1. The Hall–Kier alpha value is -3.65. The summed E-state index contributed by atoms with van der Waals surface area (Å²) in [5, 5.41) is 15.1. The fraction of sp³-hybridized carbons (Fsp3) is 0.280. The first-order chi connectivity index (χ1) is 16.5. The number of amides is 1. The lowest BCUT2D eigenvalue weighted by Gasteiger charge is -2.49. The highest BCUT2D eigenvalue weighted by Crippen LogP contribution is 2.38. The molecule has 2 aromatic carbocycles. The van der Waals surface area contributed by atoms with Gasteiger partial charge in [-0.1, -0.05) is 17.7 Å². The molecule has 0 bridgehead atoms. The van der Waals surface area contributed by atoms with Crippen LogP contribution in [0.15, 0.2) is 67.0 Å². The lowest BCUT2D eigenvalue weighted by atomic mass is 9.83. The number of piperazine rings is 1. The van der Waals surface area contributed by atoms with Crippen molar-refractivity contribution in [3.63, 3.8) is 0 Å². The van der Waals surface area contributed by atoms with Gasteiger partial charge in [0.25, 0.3) is 5.69 Å². The maximum absolute atomic E-state index is 13.4. The zero-order chi connectivity index (χ0) is 23.7. The highest BCUT2D eigenvalue weighted by atomic mass is 35.5. The summed E-state index contributed by atoms with van der Waals surface area (Å²) in [6, 6.07) is 16.4. The summed E-state index contributed by atoms with van der Waals surface area (Å²) in [6.07, 6.45) is 3.88. The van der Waals surface area contributed by atoms with Crippen LogP contribution >= 0.6 is 11.6 Å². The summed E-state index contributed by atoms with van der Waals surface area (Å²) in [5.41, 5.74) is 3.85. The van der Waals surface area contributed by atoms with Crippen LogP contribution in [0.5, 0.6) is 0 Å². The highest BCUT2D eigenvalue weighted by molar-refractivity contribution is 6.30. The van der Waals surface area contributed by atoms with Gasteiger partial charge in [-0.3, -0.25) is 19.9 Å². The quantitative estimate of drug-likeness (QED) is 0.443. The third kappa shape index (κ3) is 4.41. The van der Waals surface area contributed by atoms with Crippen molar-refractivity contribution in [2.75, 3.05) is 29.4 Å². The van der Waals surface area contributed by atoms with E-state index in [1.54, 1.807) is 24.5 Å². The number of rotatable bonds is 5. The first kappa shape index (κ1) is 22.2. The molecular formula is C25H24ClN5O3. The molecule has 0 aliphatic carbocycles. The number of hydrogen-bond acceptors (Lipinski definition) is 6. The van der Waals surface area contributed by atoms with E-state index in [2.05, 4.69) is 20.1 Å². The number of hydrogen-bond donors (Lipinski definition) is 1. The smallest absolute Gasteiger partial charge is 0.269 e. The van der Waals surface area contributed by atoms with Crippen LogP contribution in [-0.4, -0.2) is 41.5 Å². The van der Waals surface area contributed by atoms with E-state index >= 15 is 0 Å². The first-order valence-corrected chi connectivity index (χ1v) is 11.6. The Morgan fingerprint density at radius 1 is 1.18 bits per heavy atom. The van der Waals surface area contributed by atoms with E-state index in [0.717, 1.165) is 29.0 Å². The number of halogens is 1. The van der Waals surface area contributed by atoms with Crippen LogP contribution in [0.2, 0.25) is 5.02 Å². The summed E-state index contributed by atoms with van der Waals surface area (Å²) >= 11 is 6.07. The Bertz CT molecular complexity index is 1200. The molecule has 3 heterocycles. The summed E-state index contributed by atoms with van der Waals surface area (Å²) in [5.74, 6) is -0.407. The summed E-state index contributed by atoms with van der Waals surface area (Å²) in [7, 11) is 0. The van der Waals surface area contributed by atoms with E-state index in [9.17, 15) is 14.9 Å². The number of non-ortho nitro benzene ring substituents is 1. The number of aromatic nitrogens is 1. The molecule has 0 spiro atoms. The minimum absolute atomic E-state index is 0.0477. The average Bonchev–Trinajstić information content (AvgIpc) is 2.87. The van der Waals surface area contributed by atoms with Crippen molar-refractivity contribution in [3.05, 3.63) is 93.3 Å².